The van der Waals surface area contributed by atoms with Gasteiger partial charge in [0.1, 0.15) is 0 Å². The fourth-order valence-electron chi connectivity index (χ4n) is 0.937. The summed E-state index contributed by atoms with van der Waals surface area (Å²) in [6.45, 7) is 0. The molecule has 1 nitrogen and oxygen atoms in total. The van der Waals surface area contributed by atoms with Crippen molar-refractivity contribution in [3.05, 3.63) is 34.9 Å². The second-order valence-corrected chi connectivity index (χ2v) is 3.35. The molecule has 0 spiro atoms. The summed E-state index contributed by atoms with van der Waals surface area (Å²) in [5.74, 6) is 0. The molecule has 0 saturated carbocycles. The van der Waals surface area contributed by atoms with Gasteiger partial charge in [-0.2, -0.15) is 0 Å². The predicted octanol–water partition coefficient (Wildman–Crippen LogP) is 2.99. The van der Waals surface area contributed by atoms with Gasteiger partial charge in [-0.25, -0.2) is 4.39 Å². The highest BCUT2D eigenvalue weighted by Crippen LogP contribution is 2.18. The Bertz CT molecular complexity index is 314. The minimum absolute atomic E-state index is 0.0675. The van der Waals surface area contributed by atoms with Crippen LogP contribution in [-0.2, 0) is 11.2 Å². The lowest BCUT2D eigenvalue weighted by atomic mass is 10.1. The van der Waals surface area contributed by atoms with Crippen LogP contribution in [0.5, 0.6) is 0 Å². The van der Waals surface area contributed by atoms with Crippen LogP contribution in [-0.4, -0.2) is 11.4 Å². The summed E-state index contributed by atoms with van der Waals surface area (Å²) in [5.41, 5.74) is 0.589. The van der Waals surface area contributed by atoms with Crippen molar-refractivity contribution in [2.24, 2.45) is 0 Å². The van der Waals surface area contributed by atoms with Gasteiger partial charge in [0.2, 0.25) is 0 Å². The van der Waals surface area contributed by atoms with E-state index in [0.29, 0.717) is 10.6 Å². The van der Waals surface area contributed by atoms with E-state index in [-0.39, 0.29) is 6.42 Å². The zero-order chi connectivity index (χ0) is 9.84. The summed E-state index contributed by atoms with van der Waals surface area (Å²) in [6, 6.07) is 6.77. The summed E-state index contributed by atoms with van der Waals surface area (Å²) in [4.78, 5) is 10.4. The average molecular weight is 221 g/mol. The molecule has 4 heteroatoms. The number of halogens is 3. The SMILES string of the molecule is O=C(Cl)C(F)Cc1ccccc1Cl. The number of rotatable bonds is 3. The molecular formula is C9H7Cl2FO. The van der Waals surface area contributed by atoms with E-state index in [1.807, 2.05) is 0 Å². The molecule has 1 atom stereocenters. The molecule has 1 aromatic carbocycles. The number of hydrogen-bond acceptors (Lipinski definition) is 1. The van der Waals surface area contributed by atoms with Gasteiger partial charge in [-0.05, 0) is 23.2 Å². The molecule has 1 unspecified atom stereocenters. The lowest BCUT2D eigenvalue weighted by Gasteiger charge is -2.04. The third-order valence-electron chi connectivity index (χ3n) is 1.60. The van der Waals surface area contributed by atoms with E-state index in [2.05, 4.69) is 0 Å². The Kier molecular flexibility index (Phi) is 3.70. The first-order chi connectivity index (χ1) is 6.11. The van der Waals surface area contributed by atoms with E-state index in [0.717, 1.165) is 0 Å². The number of benzene rings is 1. The largest absolute Gasteiger partial charge is 0.278 e. The summed E-state index contributed by atoms with van der Waals surface area (Å²) in [7, 11) is 0. The minimum atomic E-state index is -1.68. The molecular weight excluding hydrogens is 214 g/mol. The van der Waals surface area contributed by atoms with Crippen LogP contribution in [0.2, 0.25) is 5.02 Å². The molecule has 0 fully saturated rings. The summed E-state index contributed by atoms with van der Waals surface area (Å²) in [5, 5.41) is -0.539. The molecule has 0 heterocycles. The summed E-state index contributed by atoms with van der Waals surface area (Å²) >= 11 is 10.7. The zero-order valence-electron chi connectivity index (χ0n) is 6.64. The van der Waals surface area contributed by atoms with E-state index in [4.69, 9.17) is 23.2 Å². The first kappa shape index (κ1) is 10.5. The van der Waals surface area contributed by atoms with Crippen LogP contribution in [0.15, 0.2) is 24.3 Å². The van der Waals surface area contributed by atoms with Crippen molar-refractivity contribution in [1.29, 1.82) is 0 Å². The van der Waals surface area contributed by atoms with E-state index in [9.17, 15) is 9.18 Å². The van der Waals surface area contributed by atoms with E-state index >= 15 is 0 Å². The molecule has 0 aromatic heterocycles. The second-order valence-electron chi connectivity index (χ2n) is 2.57. The van der Waals surface area contributed by atoms with E-state index in [1.165, 1.54) is 0 Å². The molecule has 0 N–H and O–H groups in total. The highest BCUT2D eigenvalue weighted by Gasteiger charge is 2.16. The highest BCUT2D eigenvalue weighted by molar-refractivity contribution is 6.64. The fourth-order valence-corrected chi connectivity index (χ4v) is 1.23. The molecule has 0 radical (unpaired) electrons. The van der Waals surface area contributed by atoms with Crippen molar-refractivity contribution in [3.63, 3.8) is 0 Å². The number of carbonyl (C=O) groups is 1. The molecule has 0 saturated heterocycles. The number of hydrogen-bond donors (Lipinski definition) is 0. The first-order valence-electron chi connectivity index (χ1n) is 3.68. The van der Waals surface area contributed by atoms with Crippen LogP contribution < -0.4 is 0 Å². The Hall–Kier alpha value is -0.600. The van der Waals surface area contributed by atoms with Crippen LogP contribution >= 0.6 is 23.2 Å². The van der Waals surface area contributed by atoms with Gasteiger partial charge in [-0.15, -0.1) is 0 Å². The lowest BCUT2D eigenvalue weighted by molar-refractivity contribution is -0.115. The summed E-state index contributed by atoms with van der Waals surface area (Å²) in [6.07, 6.45) is -1.75. The van der Waals surface area contributed by atoms with Crippen molar-refractivity contribution >= 4 is 28.4 Å². The molecule has 0 bridgehead atoms. The van der Waals surface area contributed by atoms with Crippen LogP contribution in [0.1, 0.15) is 5.56 Å². The van der Waals surface area contributed by atoms with E-state index < -0.39 is 11.4 Å². The highest BCUT2D eigenvalue weighted by atomic mass is 35.5. The molecule has 0 aliphatic rings. The van der Waals surface area contributed by atoms with Gasteiger partial charge in [-0.1, -0.05) is 29.8 Å². The van der Waals surface area contributed by atoms with Gasteiger partial charge in [0.15, 0.2) is 6.17 Å². The Balaban J connectivity index is 2.74. The van der Waals surface area contributed by atoms with Gasteiger partial charge < -0.3 is 0 Å². The molecule has 13 heavy (non-hydrogen) atoms. The van der Waals surface area contributed by atoms with Gasteiger partial charge >= 0.3 is 0 Å². The van der Waals surface area contributed by atoms with Gasteiger partial charge in [0.25, 0.3) is 5.24 Å². The quantitative estimate of drug-likeness (QED) is 0.717. The van der Waals surface area contributed by atoms with Crippen LogP contribution in [0.25, 0.3) is 0 Å². The van der Waals surface area contributed by atoms with Gasteiger partial charge in [-0.3, -0.25) is 4.79 Å². The number of carbonyl (C=O) groups excluding carboxylic acids is 1. The third kappa shape index (κ3) is 2.98. The van der Waals surface area contributed by atoms with Crippen molar-refractivity contribution in [2.75, 3.05) is 0 Å². The third-order valence-corrected chi connectivity index (χ3v) is 2.21. The van der Waals surface area contributed by atoms with Crippen LogP contribution in [0.4, 0.5) is 4.39 Å². The van der Waals surface area contributed by atoms with Crippen LogP contribution in [0, 0.1) is 0 Å². The Morgan fingerprint density at radius 1 is 1.46 bits per heavy atom. The van der Waals surface area contributed by atoms with Crippen molar-refractivity contribution in [3.8, 4) is 0 Å². The van der Waals surface area contributed by atoms with Crippen LogP contribution in [0.3, 0.4) is 0 Å². The Morgan fingerprint density at radius 2 is 2.08 bits per heavy atom. The van der Waals surface area contributed by atoms with Crippen molar-refractivity contribution < 1.29 is 9.18 Å². The van der Waals surface area contributed by atoms with Crippen molar-refractivity contribution in [2.45, 2.75) is 12.6 Å². The van der Waals surface area contributed by atoms with Crippen molar-refractivity contribution in [1.82, 2.24) is 0 Å². The predicted molar refractivity (Wildman–Crippen MR) is 50.9 cm³/mol. The zero-order valence-corrected chi connectivity index (χ0v) is 8.15. The van der Waals surface area contributed by atoms with Gasteiger partial charge in [0, 0.05) is 11.4 Å². The lowest BCUT2D eigenvalue weighted by Crippen LogP contribution is -2.12. The van der Waals surface area contributed by atoms with Gasteiger partial charge in [0.05, 0.1) is 0 Å². The Labute approximate surface area is 85.5 Å². The standard InChI is InChI=1S/C9H7Cl2FO/c10-7-4-2-1-3-6(7)5-8(12)9(11)13/h1-4,8H,5H2. The molecule has 0 aliphatic heterocycles. The fraction of sp³-hybridized carbons (Fsp3) is 0.222. The topological polar surface area (TPSA) is 17.1 Å². The molecule has 1 rings (SSSR count). The first-order valence-corrected chi connectivity index (χ1v) is 4.43. The molecule has 1 aromatic rings. The average Bonchev–Trinajstić information content (AvgIpc) is 2.08. The summed E-state index contributed by atoms with van der Waals surface area (Å²) < 4.78 is 12.9. The maximum atomic E-state index is 12.9. The molecule has 0 amide bonds. The maximum absolute atomic E-state index is 12.9. The van der Waals surface area contributed by atoms with E-state index in [1.54, 1.807) is 24.3 Å². The smallest absolute Gasteiger partial charge is 0.256 e. The Morgan fingerprint density at radius 3 is 2.62 bits per heavy atom. The second kappa shape index (κ2) is 4.58. The minimum Gasteiger partial charge on any atom is -0.278 e. The number of alkyl halides is 1. The molecule has 0 aliphatic carbocycles. The normalized spacial score (nSPS) is 12.5. The maximum Gasteiger partial charge on any atom is 0.256 e. The monoisotopic (exact) mass is 220 g/mol. The molecule has 70 valence electrons.